The Morgan fingerprint density at radius 1 is 1.11 bits per heavy atom. The van der Waals surface area contributed by atoms with Gasteiger partial charge in [-0.2, -0.15) is 17.0 Å². The molecule has 4 rings (SSSR count). The van der Waals surface area contributed by atoms with Gasteiger partial charge in [0.15, 0.2) is 0 Å². The number of nitrogens with zero attached hydrogens (tertiary/aromatic N) is 2. The lowest BCUT2D eigenvalue weighted by molar-refractivity contribution is -0.121. The zero-order chi connectivity index (χ0) is 20.1. The number of benzene rings is 2. The predicted octanol–water partition coefficient (Wildman–Crippen LogP) is 2.91. The molecule has 7 heteroatoms. The molecule has 6 nitrogen and oxygen atoms in total. The fourth-order valence-corrected chi connectivity index (χ4v) is 6.18. The molecule has 148 valence electrons. The van der Waals surface area contributed by atoms with Crippen molar-refractivity contribution in [3.8, 4) is 0 Å². The first-order valence-corrected chi connectivity index (χ1v) is 10.9. The monoisotopic (exact) mass is 399 g/mol. The number of hydrogen-bond donors (Lipinski definition) is 1. The van der Waals surface area contributed by atoms with Crippen LogP contribution in [0.25, 0.3) is 0 Å². The van der Waals surface area contributed by atoms with Crippen LogP contribution in [0.2, 0.25) is 0 Å². The Labute approximate surface area is 166 Å². The minimum atomic E-state index is -3.74. The molecule has 2 aliphatic heterocycles. The first-order chi connectivity index (χ1) is 13.3. The van der Waals surface area contributed by atoms with Crippen LogP contribution in [0, 0.1) is 0 Å². The fraction of sp³-hybridized carbons (Fsp3) is 0.381. The van der Waals surface area contributed by atoms with E-state index in [4.69, 9.17) is 0 Å². The highest BCUT2D eigenvalue weighted by atomic mass is 32.2. The normalized spacial score (nSPS) is 24.9. The summed E-state index contributed by atoms with van der Waals surface area (Å²) in [4.78, 5) is 13.3. The van der Waals surface area contributed by atoms with Gasteiger partial charge in [0.05, 0.1) is 11.5 Å². The molecule has 1 amide bonds. The van der Waals surface area contributed by atoms with Crippen molar-refractivity contribution in [3.63, 3.8) is 0 Å². The lowest BCUT2D eigenvalue weighted by atomic mass is 9.73. The lowest BCUT2D eigenvalue weighted by Crippen LogP contribution is -2.48. The first kappa shape index (κ1) is 19.1. The van der Waals surface area contributed by atoms with E-state index in [0.717, 1.165) is 16.8 Å². The third kappa shape index (κ3) is 2.61. The van der Waals surface area contributed by atoms with E-state index in [9.17, 15) is 13.2 Å². The second kappa shape index (κ2) is 6.69. The maximum Gasteiger partial charge on any atom is 0.282 e. The number of amides is 1. The van der Waals surface area contributed by atoms with E-state index >= 15 is 0 Å². The summed E-state index contributed by atoms with van der Waals surface area (Å²) in [7, 11) is -2.15. The number of carbonyl (C=O) groups is 1. The molecule has 2 aliphatic rings. The summed E-state index contributed by atoms with van der Waals surface area (Å²) >= 11 is 0. The largest absolute Gasteiger partial charge is 0.325 e. The smallest absolute Gasteiger partial charge is 0.282 e. The average molecular weight is 400 g/mol. The van der Waals surface area contributed by atoms with Crippen molar-refractivity contribution >= 4 is 21.8 Å². The van der Waals surface area contributed by atoms with E-state index in [1.807, 2.05) is 68.4 Å². The van der Waals surface area contributed by atoms with E-state index in [2.05, 4.69) is 5.32 Å². The van der Waals surface area contributed by atoms with Gasteiger partial charge in [0, 0.05) is 25.3 Å². The number of rotatable bonds is 4. The molecular weight excluding hydrogens is 374 g/mol. The van der Waals surface area contributed by atoms with Crippen LogP contribution in [-0.4, -0.2) is 42.6 Å². The second-order valence-electron chi connectivity index (χ2n) is 7.76. The van der Waals surface area contributed by atoms with Crippen molar-refractivity contribution in [2.24, 2.45) is 0 Å². The molecule has 2 aromatic carbocycles. The molecule has 28 heavy (non-hydrogen) atoms. The summed E-state index contributed by atoms with van der Waals surface area (Å²) in [6.45, 7) is 3.98. The van der Waals surface area contributed by atoms with Gasteiger partial charge >= 0.3 is 0 Å². The van der Waals surface area contributed by atoms with Gasteiger partial charge in [0.2, 0.25) is 5.91 Å². The third-order valence-corrected chi connectivity index (χ3v) is 8.18. The number of fused-ring (bicyclic) bond motifs is 2. The van der Waals surface area contributed by atoms with Crippen molar-refractivity contribution in [2.45, 2.75) is 37.8 Å². The SMILES string of the molecule is CC(C)N(C)S(=O)(=O)N1CC[C@]2(C(=O)Nc3ccccc32)[C@@H]1c1ccccc1. The summed E-state index contributed by atoms with van der Waals surface area (Å²) in [6.07, 6.45) is 0.445. The van der Waals surface area contributed by atoms with Crippen LogP contribution >= 0.6 is 0 Å². The van der Waals surface area contributed by atoms with Gasteiger partial charge in [-0.25, -0.2) is 0 Å². The Bertz CT molecular complexity index is 1010. The minimum absolute atomic E-state index is 0.132. The van der Waals surface area contributed by atoms with Crippen LogP contribution in [0.4, 0.5) is 5.69 Å². The quantitative estimate of drug-likeness (QED) is 0.859. The van der Waals surface area contributed by atoms with Crippen molar-refractivity contribution in [2.75, 3.05) is 18.9 Å². The summed E-state index contributed by atoms with van der Waals surface area (Å²) in [5.74, 6) is -0.132. The molecule has 1 fully saturated rings. The molecule has 0 bridgehead atoms. The summed E-state index contributed by atoms with van der Waals surface area (Å²) in [5.41, 5.74) is 1.54. The fourth-order valence-electron chi connectivity index (χ4n) is 4.42. The van der Waals surface area contributed by atoms with Crippen LogP contribution in [0.5, 0.6) is 0 Å². The number of carbonyl (C=O) groups excluding carboxylic acids is 1. The Hall–Kier alpha value is -2.22. The molecule has 2 aromatic rings. The average Bonchev–Trinajstić information content (AvgIpc) is 3.22. The van der Waals surface area contributed by atoms with Crippen LogP contribution in [0.3, 0.4) is 0 Å². The lowest BCUT2D eigenvalue weighted by Gasteiger charge is -2.36. The van der Waals surface area contributed by atoms with Gasteiger partial charge in [-0.3, -0.25) is 4.79 Å². The van der Waals surface area contributed by atoms with Gasteiger partial charge < -0.3 is 5.32 Å². The highest BCUT2D eigenvalue weighted by Crippen LogP contribution is 2.55. The number of nitrogens with one attached hydrogen (secondary N) is 1. The highest BCUT2D eigenvalue weighted by Gasteiger charge is 2.61. The van der Waals surface area contributed by atoms with Crippen LogP contribution < -0.4 is 5.32 Å². The van der Waals surface area contributed by atoms with Gasteiger partial charge in [-0.15, -0.1) is 0 Å². The first-order valence-electron chi connectivity index (χ1n) is 9.51. The molecule has 0 unspecified atom stereocenters. The maximum atomic E-state index is 13.4. The molecule has 0 saturated carbocycles. The van der Waals surface area contributed by atoms with Crippen molar-refractivity contribution < 1.29 is 13.2 Å². The van der Waals surface area contributed by atoms with Gasteiger partial charge in [-0.1, -0.05) is 48.5 Å². The summed E-state index contributed by atoms with van der Waals surface area (Å²) in [5, 5.41) is 2.98. The van der Waals surface area contributed by atoms with E-state index in [1.165, 1.54) is 8.61 Å². The molecule has 2 heterocycles. The maximum absolute atomic E-state index is 13.4. The van der Waals surface area contributed by atoms with Crippen molar-refractivity contribution in [3.05, 3.63) is 65.7 Å². The Morgan fingerprint density at radius 3 is 2.43 bits per heavy atom. The molecule has 1 saturated heterocycles. The number of para-hydroxylation sites is 1. The zero-order valence-corrected chi connectivity index (χ0v) is 17.1. The van der Waals surface area contributed by atoms with Crippen LogP contribution in [0.1, 0.15) is 37.4 Å². The standard InChI is InChI=1S/C21H25N3O3S/c1-15(2)23(3)28(26,27)24-14-13-21(19(24)16-9-5-4-6-10-16)17-11-7-8-12-18(17)22-20(21)25/h4-12,15,19H,13-14H2,1-3H3,(H,22,25)/t19-,21+/m0/s1. The van der Waals surface area contributed by atoms with Crippen molar-refractivity contribution in [1.82, 2.24) is 8.61 Å². The van der Waals surface area contributed by atoms with Gasteiger partial charge in [0.25, 0.3) is 10.2 Å². The predicted molar refractivity (Wildman–Crippen MR) is 109 cm³/mol. The Morgan fingerprint density at radius 2 is 1.75 bits per heavy atom. The summed E-state index contributed by atoms with van der Waals surface area (Å²) < 4.78 is 29.8. The Kier molecular flexibility index (Phi) is 4.56. The van der Waals surface area contributed by atoms with E-state index in [0.29, 0.717) is 13.0 Å². The van der Waals surface area contributed by atoms with Crippen molar-refractivity contribution in [1.29, 1.82) is 0 Å². The van der Waals surface area contributed by atoms with Gasteiger partial charge in [-0.05, 0) is 37.5 Å². The van der Waals surface area contributed by atoms with Crippen LogP contribution in [0.15, 0.2) is 54.6 Å². The minimum Gasteiger partial charge on any atom is -0.325 e. The molecule has 1 N–H and O–H groups in total. The molecule has 2 atom stereocenters. The van der Waals surface area contributed by atoms with E-state index in [1.54, 1.807) is 7.05 Å². The highest BCUT2D eigenvalue weighted by molar-refractivity contribution is 7.86. The Balaban J connectivity index is 1.92. The zero-order valence-electron chi connectivity index (χ0n) is 16.3. The molecular formula is C21H25N3O3S. The topological polar surface area (TPSA) is 69.7 Å². The summed E-state index contributed by atoms with van der Waals surface area (Å²) in [6, 6.07) is 16.3. The molecule has 0 aliphatic carbocycles. The molecule has 1 spiro atoms. The van der Waals surface area contributed by atoms with E-state index < -0.39 is 21.7 Å². The number of anilines is 1. The third-order valence-electron chi connectivity index (χ3n) is 6.05. The van der Waals surface area contributed by atoms with Gasteiger partial charge in [0.1, 0.15) is 0 Å². The number of hydrogen-bond acceptors (Lipinski definition) is 3. The molecule has 0 radical (unpaired) electrons. The van der Waals surface area contributed by atoms with Crippen LogP contribution in [-0.2, 0) is 20.4 Å². The second-order valence-corrected chi connectivity index (χ2v) is 9.70. The van der Waals surface area contributed by atoms with E-state index in [-0.39, 0.29) is 11.9 Å². The molecule has 0 aromatic heterocycles.